The third kappa shape index (κ3) is 3.39. The second-order valence-electron chi connectivity index (χ2n) is 4.05. The second-order valence-corrected chi connectivity index (χ2v) is 4.05. The van der Waals surface area contributed by atoms with Crippen molar-refractivity contribution in [1.29, 1.82) is 0 Å². The zero-order valence-electron chi connectivity index (χ0n) is 11.4. The minimum Gasteiger partial charge on any atom is -0.493 e. The van der Waals surface area contributed by atoms with Crippen molar-refractivity contribution in [1.82, 2.24) is 0 Å². The van der Waals surface area contributed by atoms with E-state index < -0.39 is 0 Å². The molecule has 0 unspecified atom stereocenters. The monoisotopic (exact) mass is 252 g/mol. The molecule has 0 aromatic heterocycles. The van der Waals surface area contributed by atoms with E-state index in [0.717, 1.165) is 18.4 Å². The zero-order valence-corrected chi connectivity index (χ0v) is 11.4. The lowest BCUT2D eigenvalue weighted by Crippen LogP contribution is -2.00. The lowest BCUT2D eigenvalue weighted by atomic mass is 10.0. The third-order valence-electron chi connectivity index (χ3n) is 2.76. The molecule has 0 aliphatic carbocycles. The number of ketones is 1. The fourth-order valence-electron chi connectivity index (χ4n) is 1.89. The van der Waals surface area contributed by atoms with Gasteiger partial charge in [0.2, 0.25) is 5.75 Å². The summed E-state index contributed by atoms with van der Waals surface area (Å²) < 4.78 is 15.9. The summed E-state index contributed by atoms with van der Waals surface area (Å²) in [7, 11) is 4.78. The van der Waals surface area contributed by atoms with Gasteiger partial charge in [0, 0.05) is 6.42 Å². The van der Waals surface area contributed by atoms with E-state index in [1.54, 1.807) is 28.3 Å². The number of rotatable bonds is 7. The lowest BCUT2D eigenvalue weighted by Gasteiger charge is -2.15. The summed E-state index contributed by atoms with van der Waals surface area (Å²) in [6.45, 7) is 1.60. The van der Waals surface area contributed by atoms with Gasteiger partial charge in [-0.2, -0.15) is 0 Å². The first kappa shape index (κ1) is 14.4. The highest BCUT2D eigenvalue weighted by Gasteiger charge is 2.15. The van der Waals surface area contributed by atoms with Gasteiger partial charge in [0.1, 0.15) is 5.78 Å². The van der Waals surface area contributed by atoms with Gasteiger partial charge in [0.15, 0.2) is 11.5 Å². The summed E-state index contributed by atoms with van der Waals surface area (Å²) in [5.74, 6) is 2.12. The number of ether oxygens (including phenoxy) is 3. The van der Waals surface area contributed by atoms with Crippen LogP contribution in [0.3, 0.4) is 0 Å². The number of carbonyl (C=O) groups excluding carboxylic acids is 1. The minimum absolute atomic E-state index is 0.203. The highest BCUT2D eigenvalue weighted by molar-refractivity contribution is 5.75. The summed E-state index contributed by atoms with van der Waals surface area (Å²) in [6, 6.07) is 3.80. The average molecular weight is 252 g/mol. The molecule has 0 N–H and O–H groups in total. The maximum atomic E-state index is 10.9. The largest absolute Gasteiger partial charge is 0.493 e. The molecule has 0 amide bonds. The van der Waals surface area contributed by atoms with Crippen LogP contribution in [0.5, 0.6) is 17.2 Å². The molecule has 0 saturated carbocycles. The van der Waals surface area contributed by atoms with Crippen LogP contribution in [0.15, 0.2) is 12.1 Å². The molecule has 0 atom stereocenters. The lowest BCUT2D eigenvalue weighted by molar-refractivity contribution is -0.117. The fraction of sp³-hybridized carbons (Fsp3) is 0.500. The fourth-order valence-corrected chi connectivity index (χ4v) is 1.89. The summed E-state index contributed by atoms with van der Waals surface area (Å²) in [5, 5.41) is 0. The van der Waals surface area contributed by atoms with Gasteiger partial charge in [-0.25, -0.2) is 0 Å². The van der Waals surface area contributed by atoms with Gasteiger partial charge in [0.05, 0.1) is 21.3 Å². The van der Waals surface area contributed by atoms with E-state index in [9.17, 15) is 4.79 Å². The molecule has 0 radical (unpaired) electrons. The van der Waals surface area contributed by atoms with Crippen LogP contribution < -0.4 is 14.2 Å². The van der Waals surface area contributed by atoms with Crippen LogP contribution in [0.2, 0.25) is 0 Å². The molecule has 0 spiro atoms. The van der Waals surface area contributed by atoms with E-state index in [-0.39, 0.29) is 5.78 Å². The zero-order chi connectivity index (χ0) is 13.5. The van der Waals surface area contributed by atoms with Gasteiger partial charge in [-0.1, -0.05) is 6.07 Å². The van der Waals surface area contributed by atoms with Crippen molar-refractivity contribution in [3.05, 3.63) is 17.7 Å². The van der Waals surface area contributed by atoms with E-state index in [0.29, 0.717) is 23.7 Å². The summed E-state index contributed by atoms with van der Waals surface area (Å²) in [6.07, 6.45) is 2.17. The van der Waals surface area contributed by atoms with Crippen LogP contribution in [-0.2, 0) is 11.2 Å². The third-order valence-corrected chi connectivity index (χ3v) is 2.76. The highest BCUT2D eigenvalue weighted by Crippen LogP contribution is 2.40. The molecular weight excluding hydrogens is 232 g/mol. The molecule has 1 aromatic carbocycles. The van der Waals surface area contributed by atoms with Gasteiger partial charge in [0.25, 0.3) is 0 Å². The van der Waals surface area contributed by atoms with E-state index in [2.05, 4.69) is 0 Å². The molecule has 4 heteroatoms. The maximum Gasteiger partial charge on any atom is 0.203 e. The highest BCUT2D eigenvalue weighted by atomic mass is 16.5. The molecular formula is C14H20O4. The molecule has 100 valence electrons. The summed E-state index contributed by atoms with van der Waals surface area (Å²) in [4.78, 5) is 10.9. The Morgan fingerprint density at radius 2 is 1.72 bits per heavy atom. The van der Waals surface area contributed by atoms with Crippen LogP contribution in [0.1, 0.15) is 25.3 Å². The SMILES string of the molecule is COc1ccc(CCCC(C)=O)c(OC)c1OC. The maximum absolute atomic E-state index is 10.9. The van der Waals surface area contributed by atoms with Gasteiger partial charge >= 0.3 is 0 Å². The van der Waals surface area contributed by atoms with Crippen LogP contribution in [0, 0.1) is 0 Å². The molecule has 1 aromatic rings. The Kier molecular flexibility index (Phi) is 5.49. The second kappa shape index (κ2) is 6.89. The normalized spacial score (nSPS) is 10.0. The molecule has 0 saturated heterocycles. The van der Waals surface area contributed by atoms with Crippen LogP contribution in [-0.4, -0.2) is 27.1 Å². The van der Waals surface area contributed by atoms with Gasteiger partial charge in [-0.15, -0.1) is 0 Å². The van der Waals surface area contributed by atoms with Crippen molar-refractivity contribution < 1.29 is 19.0 Å². The number of aryl methyl sites for hydroxylation is 1. The van der Waals surface area contributed by atoms with Crippen LogP contribution in [0.25, 0.3) is 0 Å². The minimum atomic E-state index is 0.203. The smallest absolute Gasteiger partial charge is 0.203 e. The molecule has 1 rings (SSSR count). The number of hydrogen-bond donors (Lipinski definition) is 0. The van der Waals surface area contributed by atoms with E-state index in [4.69, 9.17) is 14.2 Å². The topological polar surface area (TPSA) is 44.8 Å². The number of Topliss-reactive ketones (excluding diaryl/α,β-unsaturated/α-hetero) is 1. The number of methoxy groups -OCH3 is 3. The van der Waals surface area contributed by atoms with Crippen LogP contribution in [0.4, 0.5) is 0 Å². The van der Waals surface area contributed by atoms with Crippen molar-refractivity contribution in [2.45, 2.75) is 26.2 Å². The Hall–Kier alpha value is -1.71. The number of benzene rings is 1. The summed E-state index contributed by atoms with van der Waals surface area (Å²) >= 11 is 0. The first-order valence-corrected chi connectivity index (χ1v) is 5.91. The first-order valence-electron chi connectivity index (χ1n) is 5.91. The average Bonchev–Trinajstić information content (AvgIpc) is 2.37. The van der Waals surface area contributed by atoms with Gasteiger partial charge < -0.3 is 19.0 Å². The molecule has 0 bridgehead atoms. The van der Waals surface area contributed by atoms with Crippen molar-refractivity contribution in [2.75, 3.05) is 21.3 Å². The van der Waals surface area contributed by atoms with Crippen molar-refractivity contribution in [3.8, 4) is 17.2 Å². The molecule has 4 nitrogen and oxygen atoms in total. The predicted octanol–water partition coefficient (Wildman–Crippen LogP) is 2.62. The Bertz CT molecular complexity index is 413. The van der Waals surface area contributed by atoms with Gasteiger partial charge in [-0.05, 0) is 31.4 Å². The molecule has 0 aliphatic heterocycles. The van der Waals surface area contributed by atoms with Crippen molar-refractivity contribution in [3.63, 3.8) is 0 Å². The van der Waals surface area contributed by atoms with Crippen LogP contribution >= 0.6 is 0 Å². The van der Waals surface area contributed by atoms with E-state index in [1.807, 2.05) is 12.1 Å². The molecule has 0 fully saturated rings. The Morgan fingerprint density at radius 3 is 2.22 bits per heavy atom. The molecule has 18 heavy (non-hydrogen) atoms. The van der Waals surface area contributed by atoms with E-state index >= 15 is 0 Å². The predicted molar refractivity (Wildman–Crippen MR) is 69.7 cm³/mol. The first-order chi connectivity index (χ1) is 8.63. The molecule has 0 heterocycles. The van der Waals surface area contributed by atoms with Crippen molar-refractivity contribution >= 4 is 5.78 Å². The van der Waals surface area contributed by atoms with Gasteiger partial charge in [-0.3, -0.25) is 0 Å². The molecule has 0 aliphatic rings. The Balaban J connectivity index is 2.94. The Morgan fingerprint density at radius 1 is 1.06 bits per heavy atom. The number of carbonyl (C=O) groups is 1. The number of hydrogen-bond acceptors (Lipinski definition) is 4. The van der Waals surface area contributed by atoms with Crippen molar-refractivity contribution in [2.24, 2.45) is 0 Å². The standard InChI is InChI=1S/C14H20O4/c1-10(15)6-5-7-11-8-9-12(16-2)14(18-4)13(11)17-3/h8-9H,5-7H2,1-4H3. The van der Waals surface area contributed by atoms with E-state index in [1.165, 1.54) is 0 Å². The quantitative estimate of drug-likeness (QED) is 0.748. The summed E-state index contributed by atoms with van der Waals surface area (Å²) in [5.41, 5.74) is 1.02. The Labute approximate surface area is 108 Å².